The summed E-state index contributed by atoms with van der Waals surface area (Å²) >= 11 is 28.9. The van der Waals surface area contributed by atoms with E-state index >= 15 is 0 Å². The molecule has 0 aliphatic heterocycles. The van der Waals surface area contributed by atoms with Crippen molar-refractivity contribution in [2.24, 2.45) is 0 Å². The van der Waals surface area contributed by atoms with Crippen LogP contribution >= 0.6 is 17.1 Å². The fraction of sp³-hybridized carbons (Fsp3) is 1.00. The molecule has 0 radical (unpaired) electrons. The first-order chi connectivity index (χ1) is 13.2. The molecule has 0 aliphatic rings. The molecule has 0 bridgehead atoms. The minimum absolute atomic E-state index is 0. The van der Waals surface area contributed by atoms with Crippen LogP contribution in [-0.4, -0.2) is 24.0 Å². The maximum Gasteiger partial charge on any atom is 0.197 e. The zero-order chi connectivity index (χ0) is 24.0. The summed E-state index contributed by atoms with van der Waals surface area (Å²) in [6, 6.07) is 0. The number of rotatable bonds is 12. The number of hydrogen-bond acceptors (Lipinski definition) is 14. The molecule has 0 saturated carbocycles. The van der Waals surface area contributed by atoms with Crippen LogP contribution in [0.1, 0.15) is 59.3 Å². The largest absolute Gasteiger partial charge is 0.819 e. The Kier molecular flexibility index (Phi) is 41.7. The van der Waals surface area contributed by atoms with E-state index in [1.165, 1.54) is 0 Å². The third-order valence-electron chi connectivity index (χ3n) is 2.24. The molecule has 0 aromatic heterocycles. The normalized spacial score (nSPS) is 15.6. The van der Waals surface area contributed by atoms with Gasteiger partial charge in [0.2, 0.25) is 0 Å². The Balaban J connectivity index is -0.0000000982. The molecule has 186 valence electrons. The molecule has 0 rings (SSSR count). The fourth-order valence-electron chi connectivity index (χ4n) is 0.962. The second kappa shape index (κ2) is 28.7. The molecule has 0 spiro atoms. The average molecular weight is 697 g/mol. The van der Waals surface area contributed by atoms with Gasteiger partial charge in [0.05, 0.1) is 0 Å². The molecule has 3 atom stereocenters. The summed E-state index contributed by atoms with van der Waals surface area (Å²) in [4.78, 5) is 31.5. The maximum atomic E-state index is 10.5. The van der Waals surface area contributed by atoms with Gasteiger partial charge in [-0.2, -0.15) is 4.21 Å². The third-order valence-corrected chi connectivity index (χ3v) is 5.64. The van der Waals surface area contributed by atoms with E-state index in [0.29, 0.717) is 19.8 Å². The van der Waals surface area contributed by atoms with Crippen LogP contribution < -0.4 is 14.7 Å². The van der Waals surface area contributed by atoms with Crippen LogP contribution in [0.5, 0.6) is 0 Å². The first kappa shape index (κ1) is 43.5. The maximum absolute atomic E-state index is 10.5. The molecule has 0 aromatic carbocycles. The summed E-state index contributed by atoms with van der Waals surface area (Å²) in [5.74, 6) is 0. The van der Waals surface area contributed by atoms with E-state index in [1.807, 2.05) is 20.8 Å². The van der Waals surface area contributed by atoms with Crippen molar-refractivity contribution in [2.45, 2.75) is 59.3 Å². The summed E-state index contributed by atoms with van der Waals surface area (Å²) in [6.45, 7) is 7.34. The molecule has 7 nitrogen and oxygen atoms in total. The summed E-state index contributed by atoms with van der Waals surface area (Å²) < 4.78 is 21.8. The van der Waals surface area contributed by atoms with Gasteiger partial charge in [-0.05, 0) is 19.3 Å². The minimum Gasteiger partial charge on any atom is -0.819 e. The second-order valence-electron chi connectivity index (χ2n) is 4.90. The van der Waals surface area contributed by atoms with Crippen LogP contribution in [0.2, 0.25) is 0 Å². The molecule has 0 amide bonds. The van der Waals surface area contributed by atoms with Crippen LogP contribution in [0.3, 0.4) is 0 Å². The van der Waals surface area contributed by atoms with E-state index < -0.39 is 17.1 Å². The Bertz CT molecular complexity index is 424. The Morgan fingerprint density at radius 1 is 0.633 bits per heavy atom. The molecule has 0 aromatic rings. The van der Waals surface area contributed by atoms with Crippen molar-refractivity contribution >= 4 is 102 Å². The molecule has 3 unspecified atom stereocenters. The Labute approximate surface area is 232 Å². The first-order valence-corrected chi connectivity index (χ1v) is 19.6. The molecule has 0 heterocycles. The minimum atomic E-state index is -3.03. The summed E-state index contributed by atoms with van der Waals surface area (Å²) in [6.07, 6.45) is 5.63. The van der Waals surface area contributed by atoms with E-state index in [2.05, 4.69) is 98.3 Å². The smallest absolute Gasteiger partial charge is 0.197 e. The monoisotopic (exact) mass is 698 g/mol. The Hall–Kier alpha value is 3.47. The standard InChI is InChI=1S/3C4H11O2PS2.Mo.OS/c3*1-2-3-4-6-7(5,8)9;;1-2/h3*2-4H2,1H3,(H2,5,8,9);;/p-6. The van der Waals surface area contributed by atoms with Gasteiger partial charge < -0.3 is 65.0 Å². The quantitative estimate of drug-likeness (QED) is 0.129. The summed E-state index contributed by atoms with van der Waals surface area (Å²) in [5, 5.41) is 0. The van der Waals surface area contributed by atoms with Crippen molar-refractivity contribution in [3.63, 3.8) is 0 Å². The van der Waals surface area contributed by atoms with Crippen LogP contribution in [0, 0.1) is 0 Å². The van der Waals surface area contributed by atoms with Gasteiger partial charge in [-0.15, -0.1) is 52.5 Å². The molecule has 0 N–H and O–H groups in total. The van der Waals surface area contributed by atoms with Crippen molar-refractivity contribution in [1.82, 2.24) is 0 Å². The second-order valence-corrected chi connectivity index (χ2v) is 19.1. The van der Waals surface area contributed by atoms with Gasteiger partial charge in [0.25, 0.3) is 0 Å². The molecule has 18 heteroatoms. The first-order valence-electron chi connectivity index (χ1n) is 8.34. The van der Waals surface area contributed by atoms with Gasteiger partial charge in [-0.3, -0.25) is 0 Å². The fourth-order valence-corrected chi connectivity index (χ4v) is 3.36. The van der Waals surface area contributed by atoms with Gasteiger partial charge in [-0.25, -0.2) is 0 Å². The summed E-state index contributed by atoms with van der Waals surface area (Å²) in [5.41, 5.74) is -9.09. The summed E-state index contributed by atoms with van der Waals surface area (Å²) in [7, 11) is 0. The van der Waals surface area contributed by atoms with Crippen LogP contribution in [0.15, 0.2) is 0 Å². The van der Waals surface area contributed by atoms with E-state index in [-0.39, 0.29) is 21.1 Å². The number of unbranched alkanes of at least 4 members (excludes halogenated alkanes) is 3. The van der Waals surface area contributed by atoms with E-state index in [4.69, 9.17) is 4.21 Å². The van der Waals surface area contributed by atoms with Crippen LogP contribution in [-0.2, 0) is 119 Å². The van der Waals surface area contributed by atoms with Crippen LogP contribution in [0.25, 0.3) is 0 Å². The predicted octanol–water partition coefficient (Wildman–Crippen LogP) is 2.47. The van der Waals surface area contributed by atoms with Gasteiger partial charge in [-0.1, -0.05) is 40.0 Å². The van der Waals surface area contributed by atoms with Gasteiger partial charge in [0, 0.05) is 40.9 Å². The van der Waals surface area contributed by atoms with Crippen LogP contribution in [0.4, 0.5) is 0 Å². The van der Waals surface area contributed by atoms with E-state index in [0.717, 1.165) is 38.5 Å². The topological polar surface area (TPSA) is 114 Å². The zero-order valence-corrected chi connectivity index (χ0v) is 27.2. The van der Waals surface area contributed by atoms with Crippen molar-refractivity contribution in [1.29, 1.82) is 0 Å². The molecular weight excluding hydrogens is 669 g/mol. The molecule has 30 heavy (non-hydrogen) atoms. The van der Waals surface area contributed by atoms with Crippen molar-refractivity contribution in [2.75, 3.05) is 19.8 Å². The Morgan fingerprint density at radius 2 is 0.800 bits per heavy atom. The van der Waals surface area contributed by atoms with Gasteiger partial charge >= 0.3 is 0 Å². The van der Waals surface area contributed by atoms with Gasteiger partial charge in [0.1, 0.15) is 0 Å². The SMILES string of the molecule is CCCCOP([O-])(=S)[S-].CCCCOP([O-])(=S)[S-].CCCCOP([O-])(=S)[S-].O=S.[Mo]. The third kappa shape index (κ3) is 63.4. The molecule has 0 fully saturated rings. The molecule has 0 aliphatic carbocycles. The Morgan fingerprint density at radius 3 is 0.900 bits per heavy atom. The van der Waals surface area contributed by atoms with E-state index in [1.54, 1.807) is 0 Å². The van der Waals surface area contributed by atoms with Gasteiger partial charge in [0.15, 0.2) is 12.5 Å². The van der Waals surface area contributed by atoms with Crippen molar-refractivity contribution in [3.8, 4) is 0 Å². The zero-order valence-electron chi connectivity index (χ0n) is 16.8. The average Bonchev–Trinajstić information content (AvgIpc) is 2.55. The molecule has 0 saturated heterocycles. The molecular formula is C12H27MoO7P3S7-6. The van der Waals surface area contributed by atoms with Crippen molar-refractivity contribution in [3.05, 3.63) is 0 Å². The van der Waals surface area contributed by atoms with E-state index in [9.17, 15) is 14.7 Å². The number of hydrogen-bond donors (Lipinski definition) is 0. The predicted molar refractivity (Wildman–Crippen MR) is 136 cm³/mol. The van der Waals surface area contributed by atoms with Crippen molar-refractivity contribution < 1.29 is 53.5 Å².